The van der Waals surface area contributed by atoms with Gasteiger partial charge in [-0.25, -0.2) is 4.39 Å². The number of nitrogens with one attached hydrogen (secondary N) is 1. The van der Waals surface area contributed by atoms with Crippen molar-refractivity contribution in [2.45, 2.75) is 20.1 Å². The molecule has 0 saturated carbocycles. The summed E-state index contributed by atoms with van der Waals surface area (Å²) in [6.45, 7) is 3.66. The lowest BCUT2D eigenvalue weighted by atomic mass is 10.2. The quantitative estimate of drug-likeness (QED) is 0.749. The Morgan fingerprint density at radius 1 is 1.38 bits per heavy atom. The summed E-state index contributed by atoms with van der Waals surface area (Å²) >= 11 is 0. The van der Waals surface area contributed by atoms with Gasteiger partial charge in [0.1, 0.15) is 0 Å². The van der Waals surface area contributed by atoms with Crippen LogP contribution in [-0.2, 0) is 17.9 Å². The Kier molecular flexibility index (Phi) is 5.65. The van der Waals surface area contributed by atoms with Crippen LogP contribution in [0.2, 0.25) is 0 Å². The van der Waals surface area contributed by atoms with Crippen molar-refractivity contribution in [1.29, 1.82) is 0 Å². The van der Waals surface area contributed by atoms with E-state index in [2.05, 4.69) is 15.5 Å². The lowest BCUT2D eigenvalue weighted by molar-refractivity contribution is 0.199. The van der Waals surface area contributed by atoms with E-state index in [0.717, 1.165) is 5.56 Å². The minimum absolute atomic E-state index is 0.0691. The lowest BCUT2D eigenvalue weighted by Crippen LogP contribution is -2.18. The average Bonchev–Trinajstić information content (AvgIpc) is 2.88. The molecule has 0 saturated heterocycles. The van der Waals surface area contributed by atoms with E-state index in [1.54, 1.807) is 26.2 Å². The Balaban J connectivity index is 1.86. The van der Waals surface area contributed by atoms with Gasteiger partial charge in [-0.2, -0.15) is 4.98 Å². The van der Waals surface area contributed by atoms with Crippen molar-refractivity contribution in [3.05, 3.63) is 41.3 Å². The summed E-state index contributed by atoms with van der Waals surface area (Å²) < 4.78 is 29.0. The molecule has 1 aromatic carbocycles. The number of methoxy groups -OCH3 is 1. The third-order valence-corrected chi connectivity index (χ3v) is 2.73. The SMILES string of the molecule is COCCNCc1ccc(OCc2noc(C)n2)c(F)c1. The third-order valence-electron chi connectivity index (χ3n) is 2.73. The molecule has 0 spiro atoms. The van der Waals surface area contributed by atoms with Gasteiger partial charge < -0.3 is 19.3 Å². The second-order valence-corrected chi connectivity index (χ2v) is 4.45. The molecular weight excluding hydrogens is 277 g/mol. The van der Waals surface area contributed by atoms with Crippen LogP contribution in [0.5, 0.6) is 5.75 Å². The lowest BCUT2D eigenvalue weighted by Gasteiger charge is -2.08. The molecule has 114 valence electrons. The Hall–Kier alpha value is -1.99. The fourth-order valence-corrected chi connectivity index (χ4v) is 1.72. The van der Waals surface area contributed by atoms with Crippen molar-refractivity contribution in [3.63, 3.8) is 0 Å². The molecule has 0 aliphatic rings. The zero-order valence-corrected chi connectivity index (χ0v) is 12.1. The zero-order chi connectivity index (χ0) is 15.1. The highest BCUT2D eigenvalue weighted by atomic mass is 19.1. The highest BCUT2D eigenvalue weighted by Crippen LogP contribution is 2.19. The highest BCUT2D eigenvalue weighted by Gasteiger charge is 2.08. The largest absolute Gasteiger partial charge is 0.482 e. The summed E-state index contributed by atoms with van der Waals surface area (Å²) in [6, 6.07) is 4.84. The number of nitrogens with zero attached hydrogens (tertiary/aromatic N) is 2. The number of rotatable bonds is 8. The number of hydrogen-bond acceptors (Lipinski definition) is 6. The van der Waals surface area contributed by atoms with Gasteiger partial charge in [-0.15, -0.1) is 0 Å². The number of ether oxygens (including phenoxy) is 2. The molecule has 0 unspecified atom stereocenters. The van der Waals surface area contributed by atoms with Gasteiger partial charge in [-0.05, 0) is 17.7 Å². The molecule has 0 aliphatic carbocycles. The van der Waals surface area contributed by atoms with E-state index in [1.165, 1.54) is 6.07 Å². The maximum absolute atomic E-state index is 13.9. The molecule has 1 heterocycles. The van der Waals surface area contributed by atoms with Crippen LogP contribution < -0.4 is 10.1 Å². The summed E-state index contributed by atoms with van der Waals surface area (Å²) in [4.78, 5) is 3.98. The van der Waals surface area contributed by atoms with Crippen molar-refractivity contribution in [2.24, 2.45) is 0 Å². The summed E-state index contributed by atoms with van der Waals surface area (Å²) in [6.07, 6.45) is 0. The van der Waals surface area contributed by atoms with E-state index in [0.29, 0.717) is 31.4 Å². The van der Waals surface area contributed by atoms with Gasteiger partial charge in [0.25, 0.3) is 0 Å². The molecule has 0 aliphatic heterocycles. The first kappa shape index (κ1) is 15.4. The Morgan fingerprint density at radius 3 is 2.90 bits per heavy atom. The molecule has 7 heteroatoms. The molecule has 2 aromatic rings. The normalized spacial score (nSPS) is 10.8. The molecular formula is C14H18FN3O3. The maximum Gasteiger partial charge on any atom is 0.223 e. The number of halogens is 1. The van der Waals surface area contributed by atoms with Gasteiger partial charge in [0.15, 0.2) is 18.2 Å². The second-order valence-electron chi connectivity index (χ2n) is 4.45. The number of aromatic nitrogens is 2. The van der Waals surface area contributed by atoms with Crippen LogP contribution in [0.15, 0.2) is 22.7 Å². The Morgan fingerprint density at radius 2 is 2.24 bits per heavy atom. The standard InChI is InChI=1S/C14H18FN3O3/c1-10-17-14(18-21-10)9-20-13-4-3-11(7-12(13)15)8-16-5-6-19-2/h3-4,7,16H,5-6,8-9H2,1-2H3. The van der Waals surface area contributed by atoms with Crippen LogP contribution in [0.1, 0.15) is 17.3 Å². The molecule has 0 bridgehead atoms. The van der Waals surface area contributed by atoms with Crippen molar-refractivity contribution in [3.8, 4) is 5.75 Å². The average molecular weight is 295 g/mol. The number of hydrogen-bond donors (Lipinski definition) is 1. The van der Waals surface area contributed by atoms with Crippen LogP contribution in [0.3, 0.4) is 0 Å². The molecule has 6 nitrogen and oxygen atoms in total. The van der Waals surface area contributed by atoms with Crippen molar-refractivity contribution < 1.29 is 18.4 Å². The van der Waals surface area contributed by atoms with E-state index >= 15 is 0 Å². The van der Waals surface area contributed by atoms with Crippen LogP contribution in [0.25, 0.3) is 0 Å². The first-order chi connectivity index (χ1) is 10.2. The first-order valence-corrected chi connectivity index (χ1v) is 6.59. The van der Waals surface area contributed by atoms with Crippen molar-refractivity contribution >= 4 is 0 Å². The van der Waals surface area contributed by atoms with Gasteiger partial charge in [-0.3, -0.25) is 0 Å². The predicted molar refractivity (Wildman–Crippen MR) is 73.3 cm³/mol. The van der Waals surface area contributed by atoms with E-state index < -0.39 is 5.82 Å². The van der Waals surface area contributed by atoms with Crippen LogP contribution in [0.4, 0.5) is 4.39 Å². The zero-order valence-electron chi connectivity index (χ0n) is 12.1. The van der Waals surface area contributed by atoms with Crippen LogP contribution in [0, 0.1) is 12.7 Å². The van der Waals surface area contributed by atoms with Gasteiger partial charge in [-0.1, -0.05) is 11.2 Å². The highest BCUT2D eigenvalue weighted by molar-refractivity contribution is 5.29. The molecule has 1 aromatic heterocycles. The minimum Gasteiger partial charge on any atom is -0.482 e. The van der Waals surface area contributed by atoms with E-state index in [9.17, 15) is 4.39 Å². The summed E-state index contributed by atoms with van der Waals surface area (Å²) in [5.74, 6) is 0.586. The molecule has 0 atom stereocenters. The van der Waals surface area contributed by atoms with Crippen LogP contribution >= 0.6 is 0 Å². The minimum atomic E-state index is -0.416. The maximum atomic E-state index is 13.9. The van der Waals surface area contributed by atoms with E-state index in [1.807, 2.05) is 0 Å². The summed E-state index contributed by atoms with van der Waals surface area (Å²) in [5, 5.41) is 6.83. The van der Waals surface area contributed by atoms with Gasteiger partial charge in [0.2, 0.25) is 11.7 Å². The van der Waals surface area contributed by atoms with Crippen molar-refractivity contribution in [2.75, 3.05) is 20.3 Å². The van der Waals surface area contributed by atoms with E-state index in [4.69, 9.17) is 14.0 Å². The smallest absolute Gasteiger partial charge is 0.223 e. The van der Waals surface area contributed by atoms with E-state index in [-0.39, 0.29) is 12.4 Å². The number of benzene rings is 1. The monoisotopic (exact) mass is 295 g/mol. The summed E-state index contributed by atoms with van der Waals surface area (Å²) in [5.41, 5.74) is 0.839. The fraction of sp³-hybridized carbons (Fsp3) is 0.429. The van der Waals surface area contributed by atoms with Crippen LogP contribution in [-0.4, -0.2) is 30.4 Å². The molecule has 2 rings (SSSR count). The number of aryl methyl sites for hydroxylation is 1. The first-order valence-electron chi connectivity index (χ1n) is 6.59. The fourth-order valence-electron chi connectivity index (χ4n) is 1.72. The molecule has 0 amide bonds. The van der Waals surface area contributed by atoms with Gasteiger partial charge in [0.05, 0.1) is 6.61 Å². The molecule has 21 heavy (non-hydrogen) atoms. The topological polar surface area (TPSA) is 69.4 Å². The predicted octanol–water partition coefficient (Wildman–Crippen LogP) is 1.83. The Labute approximate surface area is 122 Å². The molecule has 1 N–H and O–H groups in total. The van der Waals surface area contributed by atoms with Crippen molar-refractivity contribution in [1.82, 2.24) is 15.5 Å². The van der Waals surface area contributed by atoms with Gasteiger partial charge >= 0.3 is 0 Å². The molecule has 0 radical (unpaired) electrons. The Bertz CT molecular complexity index is 574. The molecule has 0 fully saturated rings. The second kappa shape index (κ2) is 7.70. The summed E-state index contributed by atoms with van der Waals surface area (Å²) in [7, 11) is 1.64. The third kappa shape index (κ3) is 4.80. The van der Waals surface area contributed by atoms with Gasteiger partial charge in [0, 0.05) is 27.1 Å².